The van der Waals surface area contributed by atoms with Crippen molar-refractivity contribution in [2.75, 3.05) is 41.7 Å². The molecule has 0 bridgehead atoms. The lowest BCUT2D eigenvalue weighted by Gasteiger charge is -2.36. The van der Waals surface area contributed by atoms with Gasteiger partial charge < -0.3 is 15.5 Å². The van der Waals surface area contributed by atoms with Crippen LogP contribution in [0.5, 0.6) is 0 Å². The van der Waals surface area contributed by atoms with Gasteiger partial charge in [-0.15, -0.1) is 0 Å². The Morgan fingerprint density at radius 1 is 0.909 bits per heavy atom. The fourth-order valence-electron chi connectivity index (χ4n) is 4.02. The third-order valence-electron chi connectivity index (χ3n) is 5.78. The molecule has 0 saturated carbocycles. The molecule has 1 aliphatic rings. The summed E-state index contributed by atoms with van der Waals surface area (Å²) in [5, 5.41) is 9.97. The second-order valence-electron chi connectivity index (χ2n) is 7.93. The highest BCUT2D eigenvalue weighted by Gasteiger charge is 2.23. The van der Waals surface area contributed by atoms with E-state index in [1.807, 2.05) is 24.3 Å². The van der Waals surface area contributed by atoms with Crippen molar-refractivity contribution < 1.29 is 4.39 Å². The second-order valence-corrected chi connectivity index (χ2v) is 8.99. The Morgan fingerprint density at radius 3 is 2.30 bits per heavy atom. The molecule has 5 rings (SSSR count). The lowest BCUT2D eigenvalue weighted by molar-refractivity contribution is 0.627. The molecule has 0 unspecified atom stereocenters. The highest BCUT2D eigenvalue weighted by molar-refractivity contribution is 7.18. The molecule has 1 aliphatic heterocycles. The summed E-state index contributed by atoms with van der Waals surface area (Å²) in [5.74, 6) is 0.801. The Morgan fingerprint density at radius 2 is 1.61 bits per heavy atom. The number of halogens is 1. The van der Waals surface area contributed by atoms with Gasteiger partial charge in [0.05, 0.1) is 16.6 Å². The molecule has 0 atom stereocenters. The van der Waals surface area contributed by atoms with Crippen LogP contribution in [0.2, 0.25) is 0 Å². The number of nitriles is 1. The van der Waals surface area contributed by atoms with E-state index in [0.717, 1.165) is 71.4 Å². The summed E-state index contributed by atoms with van der Waals surface area (Å²) in [5.41, 5.74) is 9.65. The summed E-state index contributed by atoms with van der Waals surface area (Å²) >= 11 is 1.53. The summed E-state index contributed by atoms with van der Waals surface area (Å²) in [6.07, 6.45) is 1.53. The van der Waals surface area contributed by atoms with E-state index >= 15 is 0 Å². The van der Waals surface area contributed by atoms with E-state index in [2.05, 4.69) is 25.8 Å². The number of aromatic nitrogens is 3. The van der Waals surface area contributed by atoms with Gasteiger partial charge in [0.25, 0.3) is 0 Å². The number of hydrogen-bond acceptors (Lipinski definition) is 8. The van der Waals surface area contributed by atoms with Gasteiger partial charge >= 0.3 is 0 Å². The van der Waals surface area contributed by atoms with Crippen LogP contribution in [0.25, 0.3) is 10.3 Å². The molecule has 1 fully saturated rings. The molecule has 0 radical (unpaired) electrons. The highest BCUT2D eigenvalue weighted by Crippen LogP contribution is 2.30. The maximum absolute atomic E-state index is 13.1. The van der Waals surface area contributed by atoms with Crippen molar-refractivity contribution in [3.63, 3.8) is 0 Å². The summed E-state index contributed by atoms with van der Waals surface area (Å²) in [4.78, 5) is 19.1. The number of thiazole rings is 1. The van der Waals surface area contributed by atoms with Gasteiger partial charge in [-0.1, -0.05) is 23.5 Å². The van der Waals surface area contributed by atoms with Gasteiger partial charge in [-0.3, -0.25) is 0 Å². The van der Waals surface area contributed by atoms with E-state index in [0.29, 0.717) is 5.56 Å². The lowest BCUT2D eigenvalue weighted by atomic mass is 10.1. The summed E-state index contributed by atoms with van der Waals surface area (Å²) in [7, 11) is 0. The molecule has 1 saturated heterocycles. The molecule has 7 nitrogen and oxygen atoms in total. The standard InChI is InChI=1S/C24H22FN7S/c25-18-6-1-16(2-7-18)5-10-20-28-21-22(29-24(27)30-23(21)33-20)32-13-11-31(12-14-32)19-8-3-17(15-26)4-9-19/h1-4,6-9H,5,10-14H2,(H2,27,29,30). The van der Waals surface area contributed by atoms with Crippen molar-refractivity contribution in [3.8, 4) is 6.07 Å². The van der Waals surface area contributed by atoms with Crippen LogP contribution >= 0.6 is 11.3 Å². The SMILES string of the molecule is N#Cc1ccc(N2CCN(c3nc(N)nc4sc(CCc5ccc(F)cc5)nc34)CC2)cc1. The number of anilines is 3. The molecule has 0 aliphatic carbocycles. The molecule has 2 aromatic carbocycles. The number of nitrogens with two attached hydrogens (primary N) is 1. The maximum atomic E-state index is 13.1. The molecule has 3 heterocycles. The van der Waals surface area contributed by atoms with E-state index in [1.165, 1.54) is 23.5 Å². The fraction of sp³-hybridized carbons (Fsp3) is 0.250. The number of nitrogens with zero attached hydrogens (tertiary/aromatic N) is 6. The van der Waals surface area contributed by atoms with Crippen LogP contribution in [0.1, 0.15) is 16.1 Å². The van der Waals surface area contributed by atoms with Gasteiger partial charge in [-0.25, -0.2) is 14.4 Å². The Labute approximate surface area is 194 Å². The van der Waals surface area contributed by atoms with E-state index < -0.39 is 0 Å². The van der Waals surface area contributed by atoms with Crippen LogP contribution in [0.4, 0.5) is 21.8 Å². The Kier molecular flexibility index (Phi) is 5.75. The highest BCUT2D eigenvalue weighted by atomic mass is 32.1. The first kappa shape index (κ1) is 21.1. The summed E-state index contributed by atoms with van der Waals surface area (Å²) in [6, 6.07) is 16.4. The predicted molar refractivity (Wildman–Crippen MR) is 129 cm³/mol. The number of rotatable bonds is 5. The van der Waals surface area contributed by atoms with Crippen molar-refractivity contribution in [1.82, 2.24) is 15.0 Å². The third-order valence-corrected chi connectivity index (χ3v) is 6.79. The van der Waals surface area contributed by atoms with Gasteiger partial charge in [-0.05, 0) is 48.4 Å². The van der Waals surface area contributed by atoms with Crippen molar-refractivity contribution in [2.45, 2.75) is 12.8 Å². The molecule has 2 aromatic heterocycles. The molecule has 0 spiro atoms. The fourth-order valence-corrected chi connectivity index (χ4v) is 4.96. The zero-order valence-electron chi connectivity index (χ0n) is 17.9. The Bertz CT molecular complexity index is 1300. The van der Waals surface area contributed by atoms with Gasteiger partial charge in [-0.2, -0.15) is 10.2 Å². The molecule has 4 aromatic rings. The van der Waals surface area contributed by atoms with Crippen molar-refractivity contribution in [2.24, 2.45) is 0 Å². The average Bonchev–Trinajstić information content (AvgIpc) is 3.26. The summed E-state index contributed by atoms with van der Waals surface area (Å²) in [6.45, 7) is 3.24. The van der Waals surface area contributed by atoms with E-state index in [9.17, 15) is 4.39 Å². The second kappa shape index (κ2) is 9.00. The largest absolute Gasteiger partial charge is 0.368 e. The van der Waals surface area contributed by atoms with Gasteiger partial charge in [0, 0.05) is 38.3 Å². The van der Waals surface area contributed by atoms with E-state index in [4.69, 9.17) is 16.0 Å². The normalized spacial score (nSPS) is 13.9. The van der Waals surface area contributed by atoms with E-state index in [1.54, 1.807) is 12.1 Å². The lowest BCUT2D eigenvalue weighted by Crippen LogP contribution is -2.47. The van der Waals surface area contributed by atoms with E-state index in [-0.39, 0.29) is 11.8 Å². The minimum atomic E-state index is -0.228. The monoisotopic (exact) mass is 459 g/mol. The first-order chi connectivity index (χ1) is 16.1. The molecular formula is C24H22FN7S. The Hall–Kier alpha value is -3.77. The van der Waals surface area contributed by atoms with Crippen LogP contribution in [0.3, 0.4) is 0 Å². The van der Waals surface area contributed by atoms with Crippen molar-refractivity contribution in [1.29, 1.82) is 5.26 Å². The van der Waals surface area contributed by atoms with Crippen LogP contribution in [0, 0.1) is 17.1 Å². The van der Waals surface area contributed by atoms with Crippen LogP contribution in [-0.4, -0.2) is 41.1 Å². The molecule has 2 N–H and O–H groups in total. The smallest absolute Gasteiger partial charge is 0.223 e. The first-order valence-electron chi connectivity index (χ1n) is 10.8. The van der Waals surface area contributed by atoms with Crippen LogP contribution in [0.15, 0.2) is 48.5 Å². The number of piperazine rings is 1. The maximum Gasteiger partial charge on any atom is 0.223 e. The Balaban J connectivity index is 1.31. The zero-order chi connectivity index (χ0) is 22.8. The number of nitrogen functional groups attached to an aromatic ring is 1. The predicted octanol–water partition coefficient (Wildman–Crippen LogP) is 3.79. The number of aryl methyl sites for hydroxylation is 2. The molecular weight excluding hydrogens is 437 g/mol. The number of benzene rings is 2. The molecule has 166 valence electrons. The molecule has 9 heteroatoms. The minimum absolute atomic E-state index is 0.228. The first-order valence-corrected chi connectivity index (χ1v) is 11.6. The van der Waals surface area contributed by atoms with Gasteiger partial charge in [0.1, 0.15) is 11.3 Å². The van der Waals surface area contributed by atoms with Gasteiger partial charge in [0.15, 0.2) is 10.6 Å². The van der Waals surface area contributed by atoms with Crippen molar-refractivity contribution in [3.05, 3.63) is 70.5 Å². The van der Waals surface area contributed by atoms with Crippen LogP contribution < -0.4 is 15.5 Å². The summed E-state index contributed by atoms with van der Waals surface area (Å²) < 4.78 is 13.1. The quantitative estimate of drug-likeness (QED) is 0.485. The third kappa shape index (κ3) is 4.56. The van der Waals surface area contributed by atoms with Crippen molar-refractivity contribution >= 4 is 39.1 Å². The minimum Gasteiger partial charge on any atom is -0.368 e. The number of fused-ring (bicyclic) bond motifs is 1. The molecule has 33 heavy (non-hydrogen) atoms. The number of hydrogen-bond donors (Lipinski definition) is 1. The zero-order valence-corrected chi connectivity index (χ0v) is 18.7. The molecule has 0 amide bonds. The van der Waals surface area contributed by atoms with Gasteiger partial charge in [0.2, 0.25) is 5.95 Å². The topological polar surface area (TPSA) is 95.0 Å². The van der Waals surface area contributed by atoms with Crippen LogP contribution in [-0.2, 0) is 12.8 Å². The average molecular weight is 460 g/mol.